The van der Waals surface area contributed by atoms with Gasteiger partial charge in [-0.15, -0.1) is 24.0 Å². The highest BCUT2D eigenvalue weighted by molar-refractivity contribution is 14.0. The number of guanidine groups is 1. The van der Waals surface area contributed by atoms with E-state index in [1.807, 2.05) is 14.1 Å². The lowest BCUT2D eigenvalue weighted by atomic mass is 9.84. The second kappa shape index (κ2) is 10.9. The molecule has 1 fully saturated rings. The Labute approximate surface area is 181 Å². The smallest absolute Gasteiger partial charge is 0.230 e. The van der Waals surface area contributed by atoms with Crippen molar-refractivity contribution >= 4 is 35.8 Å². The number of rotatable bonds is 6. The summed E-state index contributed by atoms with van der Waals surface area (Å²) in [6.45, 7) is 8.37. The van der Waals surface area contributed by atoms with Crippen LogP contribution in [0.2, 0.25) is 0 Å². The summed E-state index contributed by atoms with van der Waals surface area (Å²) in [5.74, 6) is 1.01. The zero-order chi connectivity index (χ0) is 19.2. The van der Waals surface area contributed by atoms with E-state index in [0.717, 1.165) is 38.2 Å². The molecule has 0 aliphatic heterocycles. The van der Waals surface area contributed by atoms with Gasteiger partial charge in [-0.05, 0) is 44.7 Å². The van der Waals surface area contributed by atoms with Gasteiger partial charge in [-0.25, -0.2) is 4.99 Å². The standard InChI is InChI=1S/C21H34N4O.HI/c1-6-22-20(23-14-18-10-9-16(2)13-17(18)3)24-15-21(11-7-8-12-21)19(26)25(4)5;/h9-10,13H,6-8,11-12,14-15H2,1-5H3,(H2,22,23,24);1H. The van der Waals surface area contributed by atoms with E-state index in [4.69, 9.17) is 4.99 Å². The summed E-state index contributed by atoms with van der Waals surface area (Å²) in [4.78, 5) is 19.2. The molecular formula is C21H35IN4O. The van der Waals surface area contributed by atoms with E-state index in [1.54, 1.807) is 4.90 Å². The molecule has 1 aliphatic carbocycles. The summed E-state index contributed by atoms with van der Waals surface area (Å²) in [5, 5.41) is 6.74. The van der Waals surface area contributed by atoms with Crippen LogP contribution < -0.4 is 10.6 Å². The molecule has 1 aliphatic rings. The lowest BCUT2D eigenvalue weighted by Gasteiger charge is -2.31. The monoisotopic (exact) mass is 486 g/mol. The second-order valence-corrected chi connectivity index (χ2v) is 7.67. The SMILES string of the molecule is CCNC(=NCc1ccc(C)cc1C)NCC1(C(=O)N(C)C)CCCC1.I. The van der Waals surface area contributed by atoms with Crippen molar-refractivity contribution in [2.75, 3.05) is 27.2 Å². The molecule has 2 N–H and O–H groups in total. The summed E-state index contributed by atoms with van der Waals surface area (Å²) >= 11 is 0. The van der Waals surface area contributed by atoms with Crippen LogP contribution in [0, 0.1) is 19.3 Å². The molecule has 0 atom stereocenters. The molecule has 27 heavy (non-hydrogen) atoms. The highest BCUT2D eigenvalue weighted by atomic mass is 127. The van der Waals surface area contributed by atoms with Crippen LogP contribution in [0.15, 0.2) is 23.2 Å². The van der Waals surface area contributed by atoms with Crippen LogP contribution in [0.3, 0.4) is 0 Å². The average Bonchev–Trinajstić information content (AvgIpc) is 3.08. The van der Waals surface area contributed by atoms with Crippen molar-refractivity contribution in [2.45, 2.75) is 53.0 Å². The first-order chi connectivity index (χ1) is 12.4. The maximum absolute atomic E-state index is 12.7. The molecule has 1 aromatic carbocycles. The van der Waals surface area contributed by atoms with Gasteiger partial charge in [0.2, 0.25) is 5.91 Å². The molecule has 6 heteroatoms. The normalized spacial score (nSPS) is 15.8. The van der Waals surface area contributed by atoms with E-state index < -0.39 is 0 Å². The van der Waals surface area contributed by atoms with Crippen LogP contribution >= 0.6 is 24.0 Å². The van der Waals surface area contributed by atoms with Crippen LogP contribution in [-0.2, 0) is 11.3 Å². The number of hydrogen-bond acceptors (Lipinski definition) is 2. The molecule has 0 unspecified atom stereocenters. The predicted octanol–water partition coefficient (Wildman–Crippen LogP) is 3.63. The first kappa shape index (κ1) is 23.7. The minimum atomic E-state index is -0.292. The van der Waals surface area contributed by atoms with Crippen molar-refractivity contribution < 1.29 is 4.79 Å². The quantitative estimate of drug-likeness (QED) is 0.367. The lowest BCUT2D eigenvalue weighted by Crippen LogP contribution is -2.49. The van der Waals surface area contributed by atoms with Crippen molar-refractivity contribution in [1.82, 2.24) is 15.5 Å². The van der Waals surface area contributed by atoms with Gasteiger partial charge in [0.25, 0.3) is 0 Å². The van der Waals surface area contributed by atoms with Crippen LogP contribution in [-0.4, -0.2) is 44.0 Å². The van der Waals surface area contributed by atoms with Gasteiger partial charge in [0.05, 0.1) is 12.0 Å². The van der Waals surface area contributed by atoms with Crippen LogP contribution in [0.5, 0.6) is 0 Å². The molecule has 0 heterocycles. The number of aliphatic imine (C=N–C) groups is 1. The second-order valence-electron chi connectivity index (χ2n) is 7.67. The van der Waals surface area contributed by atoms with Gasteiger partial charge in [-0.3, -0.25) is 4.79 Å². The predicted molar refractivity (Wildman–Crippen MR) is 124 cm³/mol. The number of carbonyl (C=O) groups is 1. The van der Waals surface area contributed by atoms with Crippen molar-refractivity contribution in [2.24, 2.45) is 10.4 Å². The van der Waals surface area contributed by atoms with Crippen LogP contribution in [0.4, 0.5) is 0 Å². The van der Waals surface area contributed by atoms with Crippen molar-refractivity contribution in [3.63, 3.8) is 0 Å². The lowest BCUT2D eigenvalue weighted by molar-refractivity contribution is -0.138. The maximum Gasteiger partial charge on any atom is 0.230 e. The van der Waals surface area contributed by atoms with E-state index in [1.165, 1.54) is 16.7 Å². The fourth-order valence-corrected chi connectivity index (χ4v) is 3.77. The Kier molecular flexibility index (Phi) is 9.56. The summed E-state index contributed by atoms with van der Waals surface area (Å²) in [6, 6.07) is 6.46. The molecule has 0 saturated heterocycles. The highest BCUT2D eigenvalue weighted by Crippen LogP contribution is 2.38. The highest BCUT2D eigenvalue weighted by Gasteiger charge is 2.42. The number of hydrogen-bond donors (Lipinski definition) is 2. The average molecular weight is 486 g/mol. The third-order valence-electron chi connectivity index (χ3n) is 5.26. The number of carbonyl (C=O) groups excluding carboxylic acids is 1. The van der Waals surface area contributed by atoms with E-state index >= 15 is 0 Å². The van der Waals surface area contributed by atoms with Gasteiger partial charge in [0.1, 0.15) is 0 Å². The first-order valence-corrected chi connectivity index (χ1v) is 9.68. The van der Waals surface area contributed by atoms with Crippen LogP contribution in [0.1, 0.15) is 49.3 Å². The summed E-state index contributed by atoms with van der Waals surface area (Å²) in [5.41, 5.74) is 3.47. The van der Waals surface area contributed by atoms with Crippen molar-refractivity contribution in [1.29, 1.82) is 0 Å². The van der Waals surface area contributed by atoms with Crippen molar-refractivity contribution in [3.8, 4) is 0 Å². The Morgan fingerprint density at radius 2 is 1.85 bits per heavy atom. The molecule has 152 valence electrons. The molecule has 5 nitrogen and oxygen atoms in total. The van der Waals surface area contributed by atoms with E-state index in [0.29, 0.717) is 13.1 Å². The Morgan fingerprint density at radius 1 is 1.19 bits per heavy atom. The summed E-state index contributed by atoms with van der Waals surface area (Å²) < 4.78 is 0. The number of halogens is 1. The third kappa shape index (κ3) is 6.36. The number of nitrogens with one attached hydrogen (secondary N) is 2. The first-order valence-electron chi connectivity index (χ1n) is 9.68. The molecule has 0 radical (unpaired) electrons. The topological polar surface area (TPSA) is 56.7 Å². The zero-order valence-corrected chi connectivity index (χ0v) is 19.7. The fourth-order valence-electron chi connectivity index (χ4n) is 3.77. The summed E-state index contributed by atoms with van der Waals surface area (Å²) in [6.07, 6.45) is 4.15. The largest absolute Gasteiger partial charge is 0.357 e. The van der Waals surface area contributed by atoms with E-state index in [9.17, 15) is 4.79 Å². The molecule has 2 rings (SSSR count). The minimum absolute atomic E-state index is 0. The number of benzene rings is 1. The van der Waals surface area contributed by atoms with Gasteiger partial charge >= 0.3 is 0 Å². The Bertz CT molecular complexity index is 652. The Hall–Kier alpha value is -1.31. The maximum atomic E-state index is 12.7. The number of nitrogens with zero attached hydrogens (tertiary/aromatic N) is 2. The van der Waals surface area contributed by atoms with Gasteiger partial charge in [-0.1, -0.05) is 36.6 Å². The molecule has 0 bridgehead atoms. The molecule has 1 saturated carbocycles. The van der Waals surface area contributed by atoms with Crippen LogP contribution in [0.25, 0.3) is 0 Å². The Morgan fingerprint density at radius 3 is 2.41 bits per heavy atom. The molecule has 0 aromatic heterocycles. The summed E-state index contributed by atoms with van der Waals surface area (Å²) in [7, 11) is 3.70. The minimum Gasteiger partial charge on any atom is -0.357 e. The molecule has 0 spiro atoms. The van der Waals surface area contributed by atoms with E-state index in [-0.39, 0.29) is 35.3 Å². The molecular weight excluding hydrogens is 451 g/mol. The van der Waals surface area contributed by atoms with Gasteiger partial charge in [0, 0.05) is 27.2 Å². The number of aryl methyl sites for hydroxylation is 2. The van der Waals surface area contributed by atoms with Gasteiger partial charge in [0.15, 0.2) is 5.96 Å². The Balaban J connectivity index is 0.00000364. The third-order valence-corrected chi connectivity index (χ3v) is 5.26. The molecule has 1 aromatic rings. The zero-order valence-electron chi connectivity index (χ0n) is 17.4. The van der Waals surface area contributed by atoms with Crippen molar-refractivity contribution in [3.05, 3.63) is 34.9 Å². The van der Waals surface area contributed by atoms with Gasteiger partial charge in [-0.2, -0.15) is 0 Å². The van der Waals surface area contributed by atoms with E-state index in [2.05, 4.69) is 49.6 Å². The number of amides is 1. The molecule has 1 amide bonds. The van der Waals surface area contributed by atoms with Gasteiger partial charge < -0.3 is 15.5 Å². The fraction of sp³-hybridized carbons (Fsp3) is 0.619.